The van der Waals surface area contributed by atoms with E-state index in [-0.39, 0.29) is 10.8 Å². The van der Waals surface area contributed by atoms with Crippen molar-refractivity contribution in [2.45, 2.75) is 44.9 Å². The maximum atomic E-state index is 6.66. The quantitative estimate of drug-likeness (QED) is 0.599. The van der Waals surface area contributed by atoms with Gasteiger partial charge in [-0.1, -0.05) is 39.8 Å². The fourth-order valence-electron chi connectivity index (χ4n) is 2.04. The highest BCUT2D eigenvalue weighted by Gasteiger charge is 2.20. The summed E-state index contributed by atoms with van der Waals surface area (Å²) < 4.78 is 5.69. The maximum absolute atomic E-state index is 6.66. The van der Waals surface area contributed by atoms with Crippen molar-refractivity contribution < 1.29 is 4.74 Å². The van der Waals surface area contributed by atoms with Crippen molar-refractivity contribution in [2.75, 3.05) is 6.61 Å². The van der Waals surface area contributed by atoms with Crippen LogP contribution in [-0.2, 0) is 5.41 Å². The summed E-state index contributed by atoms with van der Waals surface area (Å²) in [5.74, 6) is 0.896. The van der Waals surface area contributed by atoms with E-state index >= 15 is 0 Å². The van der Waals surface area contributed by atoms with Crippen LogP contribution in [0.25, 0.3) is 0 Å². The molecule has 1 aromatic carbocycles. The predicted octanol–water partition coefficient (Wildman–Crippen LogP) is 6.16. The van der Waals surface area contributed by atoms with Crippen molar-refractivity contribution in [1.29, 1.82) is 0 Å². The van der Waals surface area contributed by atoms with E-state index in [0.717, 1.165) is 24.3 Å². The molecule has 0 saturated carbocycles. The molecule has 0 radical (unpaired) electrons. The summed E-state index contributed by atoms with van der Waals surface area (Å²) in [5.41, 5.74) is 1.26. The Morgan fingerprint density at radius 3 is 2.57 bits per heavy atom. The van der Waals surface area contributed by atoms with Gasteiger partial charge in [0.05, 0.1) is 12.0 Å². The first kappa shape index (κ1) is 16.4. The van der Waals surface area contributed by atoms with Crippen LogP contribution in [0.4, 0.5) is 0 Å². The molecule has 1 aromatic heterocycles. The number of benzene rings is 1. The molecular weight excluding hydrogens is 300 g/mol. The predicted molar refractivity (Wildman–Crippen MR) is 92.9 cm³/mol. The number of ether oxygens (including phenoxy) is 1. The van der Waals surface area contributed by atoms with E-state index in [9.17, 15) is 0 Å². The van der Waals surface area contributed by atoms with Crippen LogP contribution in [0.3, 0.4) is 0 Å². The molecule has 3 heteroatoms. The third-order valence-electron chi connectivity index (χ3n) is 3.24. The third-order valence-corrected chi connectivity index (χ3v) is 5.43. The normalized spacial score (nSPS) is 13.2. The molecule has 0 bridgehead atoms. The minimum Gasteiger partial charge on any atom is -0.494 e. The SMILES string of the molecule is CCCOc1cccc(C(Cl)c2ccc(C(C)(C)C)s2)c1. The second-order valence-corrected chi connectivity index (χ2v) is 7.79. The van der Waals surface area contributed by atoms with Crippen LogP contribution in [0.2, 0.25) is 0 Å². The number of rotatable bonds is 5. The Morgan fingerprint density at radius 2 is 1.95 bits per heavy atom. The summed E-state index contributed by atoms with van der Waals surface area (Å²) in [5, 5.41) is -0.115. The molecule has 21 heavy (non-hydrogen) atoms. The molecule has 0 aliphatic heterocycles. The molecule has 0 N–H and O–H groups in total. The fraction of sp³-hybridized carbons (Fsp3) is 0.444. The molecule has 2 rings (SSSR count). The van der Waals surface area contributed by atoms with Crippen LogP contribution in [0.5, 0.6) is 5.75 Å². The van der Waals surface area contributed by atoms with Gasteiger partial charge in [0.15, 0.2) is 0 Å². The summed E-state index contributed by atoms with van der Waals surface area (Å²) in [4.78, 5) is 2.55. The van der Waals surface area contributed by atoms with Gasteiger partial charge in [0.1, 0.15) is 5.75 Å². The molecule has 0 aliphatic rings. The highest BCUT2D eigenvalue weighted by Crippen LogP contribution is 2.38. The molecule has 0 amide bonds. The van der Waals surface area contributed by atoms with E-state index in [4.69, 9.17) is 16.3 Å². The molecule has 1 nitrogen and oxygen atoms in total. The Morgan fingerprint density at radius 1 is 1.19 bits per heavy atom. The standard InChI is InChI=1S/C18H23ClOS/c1-5-11-20-14-8-6-7-13(12-14)17(19)15-9-10-16(21-15)18(2,3)4/h6-10,12,17H,5,11H2,1-4H3. The summed E-state index contributed by atoms with van der Waals surface area (Å²) in [6.45, 7) is 9.53. The van der Waals surface area contributed by atoms with Crippen molar-refractivity contribution in [3.05, 3.63) is 51.7 Å². The van der Waals surface area contributed by atoms with Crippen molar-refractivity contribution in [3.63, 3.8) is 0 Å². The van der Waals surface area contributed by atoms with Gasteiger partial charge in [0.25, 0.3) is 0 Å². The highest BCUT2D eigenvalue weighted by molar-refractivity contribution is 7.12. The molecule has 114 valence electrons. The molecule has 0 fully saturated rings. The minimum atomic E-state index is -0.115. The summed E-state index contributed by atoms with van der Waals surface area (Å²) >= 11 is 8.45. The first-order valence-corrected chi connectivity index (χ1v) is 8.64. The summed E-state index contributed by atoms with van der Waals surface area (Å²) in [6.07, 6.45) is 1.01. The van der Waals surface area contributed by atoms with Gasteiger partial charge in [-0.2, -0.15) is 0 Å². The van der Waals surface area contributed by atoms with Crippen molar-refractivity contribution >= 4 is 22.9 Å². The van der Waals surface area contributed by atoms with E-state index in [1.165, 1.54) is 9.75 Å². The van der Waals surface area contributed by atoms with E-state index in [1.807, 2.05) is 18.2 Å². The van der Waals surface area contributed by atoms with Crippen LogP contribution in [0.15, 0.2) is 36.4 Å². The molecule has 1 atom stereocenters. The Hall–Kier alpha value is -0.990. The van der Waals surface area contributed by atoms with Gasteiger partial charge >= 0.3 is 0 Å². The Kier molecular flexibility index (Phi) is 5.34. The van der Waals surface area contributed by atoms with Crippen LogP contribution < -0.4 is 4.74 Å². The number of alkyl halides is 1. The molecule has 0 aliphatic carbocycles. The van der Waals surface area contributed by atoms with E-state index in [2.05, 4.69) is 45.9 Å². The zero-order chi connectivity index (χ0) is 15.5. The summed E-state index contributed by atoms with van der Waals surface area (Å²) in [7, 11) is 0. The van der Waals surface area contributed by atoms with Crippen molar-refractivity contribution in [2.24, 2.45) is 0 Å². The first-order chi connectivity index (χ1) is 9.91. The van der Waals surface area contributed by atoms with Gasteiger partial charge in [0.2, 0.25) is 0 Å². The average Bonchev–Trinajstić information content (AvgIpc) is 2.94. The Balaban J connectivity index is 2.19. The van der Waals surface area contributed by atoms with Gasteiger partial charge in [-0.05, 0) is 41.7 Å². The lowest BCUT2D eigenvalue weighted by molar-refractivity contribution is 0.317. The molecule has 1 unspecified atom stereocenters. The van der Waals surface area contributed by atoms with Crippen LogP contribution >= 0.6 is 22.9 Å². The zero-order valence-electron chi connectivity index (χ0n) is 13.2. The minimum absolute atomic E-state index is 0.115. The number of hydrogen-bond acceptors (Lipinski definition) is 2. The second kappa shape index (κ2) is 6.85. The second-order valence-electron chi connectivity index (χ2n) is 6.24. The van der Waals surface area contributed by atoms with Gasteiger partial charge < -0.3 is 4.74 Å². The molecule has 2 aromatic rings. The molecule has 0 spiro atoms. The maximum Gasteiger partial charge on any atom is 0.119 e. The van der Waals surface area contributed by atoms with E-state index in [1.54, 1.807) is 11.3 Å². The smallest absolute Gasteiger partial charge is 0.119 e. The Labute approximate surface area is 136 Å². The summed E-state index contributed by atoms with van der Waals surface area (Å²) in [6, 6.07) is 12.4. The third kappa shape index (κ3) is 4.24. The number of thiophene rings is 1. The molecular formula is C18H23ClOS. The molecule has 1 heterocycles. The fourth-order valence-corrected chi connectivity index (χ4v) is 3.45. The van der Waals surface area contributed by atoms with Crippen LogP contribution in [-0.4, -0.2) is 6.61 Å². The van der Waals surface area contributed by atoms with E-state index < -0.39 is 0 Å². The lowest BCUT2D eigenvalue weighted by Gasteiger charge is -2.16. The Bertz CT molecular complexity index is 583. The van der Waals surface area contributed by atoms with Crippen molar-refractivity contribution in [1.82, 2.24) is 0 Å². The average molecular weight is 323 g/mol. The van der Waals surface area contributed by atoms with Gasteiger partial charge in [-0.15, -0.1) is 22.9 Å². The van der Waals surface area contributed by atoms with E-state index in [0.29, 0.717) is 0 Å². The molecule has 0 saturated heterocycles. The lowest BCUT2D eigenvalue weighted by Crippen LogP contribution is -2.07. The monoisotopic (exact) mass is 322 g/mol. The first-order valence-electron chi connectivity index (χ1n) is 7.39. The number of hydrogen-bond donors (Lipinski definition) is 0. The lowest BCUT2D eigenvalue weighted by atomic mass is 9.95. The number of halogens is 1. The van der Waals surface area contributed by atoms with Gasteiger partial charge in [-0.25, -0.2) is 0 Å². The van der Waals surface area contributed by atoms with Crippen molar-refractivity contribution in [3.8, 4) is 5.75 Å². The highest BCUT2D eigenvalue weighted by atomic mass is 35.5. The van der Waals surface area contributed by atoms with Crippen LogP contribution in [0.1, 0.15) is 54.8 Å². The van der Waals surface area contributed by atoms with Crippen LogP contribution in [0, 0.1) is 0 Å². The van der Waals surface area contributed by atoms with Gasteiger partial charge in [0, 0.05) is 9.75 Å². The largest absolute Gasteiger partial charge is 0.494 e. The zero-order valence-corrected chi connectivity index (χ0v) is 14.7. The topological polar surface area (TPSA) is 9.23 Å². The van der Waals surface area contributed by atoms with Gasteiger partial charge in [-0.3, -0.25) is 0 Å².